The third kappa shape index (κ3) is 4.31. The molecule has 4 nitrogen and oxygen atoms in total. The molecule has 1 atom stereocenters. The average molecular weight is 379 g/mol. The molecule has 2 aromatic rings. The Labute approximate surface area is 156 Å². The predicted molar refractivity (Wildman–Crippen MR) is 109 cm³/mol. The van der Waals surface area contributed by atoms with Crippen LogP contribution >= 0.6 is 11.3 Å². The van der Waals surface area contributed by atoms with Gasteiger partial charge < -0.3 is 15.3 Å². The number of anilines is 1. The minimum absolute atomic E-state index is 0.107. The van der Waals surface area contributed by atoms with E-state index in [1.807, 2.05) is 31.3 Å². The number of benzene rings is 1. The number of thiazole rings is 1. The van der Waals surface area contributed by atoms with Crippen molar-refractivity contribution >= 4 is 25.3 Å². The highest BCUT2D eigenvalue weighted by molar-refractivity contribution is 7.15. The second-order valence-corrected chi connectivity index (χ2v) is 14.2. The summed E-state index contributed by atoms with van der Waals surface area (Å²) in [5.41, 5.74) is 7.76. The molecule has 0 spiro atoms. The lowest BCUT2D eigenvalue weighted by Gasteiger charge is -2.38. The summed E-state index contributed by atoms with van der Waals surface area (Å²) in [6, 6.07) is 5.86. The molecule has 1 aromatic carbocycles. The summed E-state index contributed by atoms with van der Waals surface area (Å²) in [5, 5.41) is 11.7. The van der Waals surface area contributed by atoms with Crippen molar-refractivity contribution in [1.82, 2.24) is 4.98 Å². The van der Waals surface area contributed by atoms with Gasteiger partial charge in [-0.25, -0.2) is 4.98 Å². The monoisotopic (exact) mass is 378 g/mol. The first-order valence-corrected chi connectivity index (χ1v) is 12.3. The van der Waals surface area contributed by atoms with Crippen molar-refractivity contribution < 1.29 is 9.53 Å². The molecule has 1 unspecified atom stereocenters. The molecular weight excluding hydrogens is 348 g/mol. The standard InChI is InChI=1S/C19H30N2O2SSi/c1-13-14(9-8-10-15(13)20)16-11-21-17(24-16)19(5,22)12-23-25(6,7)18(2,3)4/h8-11,22H,12,20H2,1-7H3. The Morgan fingerprint density at radius 2 is 1.88 bits per heavy atom. The smallest absolute Gasteiger partial charge is 0.192 e. The molecule has 3 N–H and O–H groups in total. The third-order valence-corrected chi connectivity index (χ3v) is 10.9. The zero-order valence-corrected chi connectivity index (χ0v) is 18.1. The van der Waals surface area contributed by atoms with Crippen molar-refractivity contribution in [2.45, 2.75) is 58.4 Å². The largest absolute Gasteiger partial charge is 0.413 e. The fourth-order valence-electron chi connectivity index (χ4n) is 2.17. The minimum Gasteiger partial charge on any atom is -0.413 e. The van der Waals surface area contributed by atoms with Crippen LogP contribution in [0.15, 0.2) is 24.4 Å². The first kappa shape index (κ1) is 20.1. The summed E-state index contributed by atoms with van der Waals surface area (Å²) in [6.45, 7) is 15.0. The topological polar surface area (TPSA) is 68.4 Å². The maximum Gasteiger partial charge on any atom is 0.192 e. The van der Waals surface area contributed by atoms with Crippen molar-refractivity contribution in [1.29, 1.82) is 0 Å². The number of rotatable bonds is 5. The lowest BCUT2D eigenvalue weighted by atomic mass is 10.1. The van der Waals surface area contributed by atoms with Crippen LogP contribution in [0, 0.1) is 6.92 Å². The molecule has 2 rings (SSSR count). The van der Waals surface area contributed by atoms with E-state index in [0.717, 1.165) is 21.7 Å². The Balaban J connectivity index is 2.22. The molecule has 1 aromatic heterocycles. The Morgan fingerprint density at radius 1 is 1.24 bits per heavy atom. The highest BCUT2D eigenvalue weighted by Crippen LogP contribution is 2.39. The number of hydrogen-bond donors (Lipinski definition) is 2. The lowest BCUT2D eigenvalue weighted by Crippen LogP contribution is -2.44. The Kier molecular flexibility index (Phi) is 5.49. The van der Waals surface area contributed by atoms with E-state index in [0.29, 0.717) is 5.01 Å². The van der Waals surface area contributed by atoms with Crippen LogP contribution in [-0.2, 0) is 10.0 Å². The van der Waals surface area contributed by atoms with Crippen molar-refractivity contribution in [3.63, 3.8) is 0 Å². The van der Waals surface area contributed by atoms with E-state index in [1.54, 1.807) is 6.92 Å². The van der Waals surface area contributed by atoms with E-state index in [9.17, 15) is 5.11 Å². The van der Waals surface area contributed by atoms with Gasteiger partial charge in [-0.1, -0.05) is 32.9 Å². The predicted octanol–water partition coefficient (Wildman–Crippen LogP) is 4.93. The Hall–Kier alpha value is -1.21. The van der Waals surface area contributed by atoms with Crippen molar-refractivity contribution in [3.05, 3.63) is 35.0 Å². The molecule has 0 saturated carbocycles. The number of nitrogens with two attached hydrogens (primary N) is 1. The van der Waals surface area contributed by atoms with Gasteiger partial charge in [0.25, 0.3) is 0 Å². The zero-order chi connectivity index (χ0) is 19.0. The average Bonchev–Trinajstić information content (AvgIpc) is 2.97. The molecule has 0 aliphatic carbocycles. The fraction of sp³-hybridized carbons (Fsp3) is 0.526. The fourth-order valence-corrected chi connectivity index (χ4v) is 4.27. The summed E-state index contributed by atoms with van der Waals surface area (Å²) in [5.74, 6) is 0. The number of aromatic nitrogens is 1. The van der Waals surface area contributed by atoms with Crippen LogP contribution in [0.5, 0.6) is 0 Å². The van der Waals surface area contributed by atoms with Crippen LogP contribution in [0.25, 0.3) is 10.4 Å². The quantitative estimate of drug-likeness (QED) is 0.572. The van der Waals surface area contributed by atoms with Gasteiger partial charge in [0.1, 0.15) is 10.6 Å². The maximum absolute atomic E-state index is 10.9. The van der Waals surface area contributed by atoms with Gasteiger partial charge in [0.2, 0.25) is 0 Å². The van der Waals surface area contributed by atoms with Gasteiger partial charge in [-0.3, -0.25) is 0 Å². The molecule has 6 heteroatoms. The molecule has 0 bridgehead atoms. The number of nitrogen functional groups attached to an aromatic ring is 1. The molecular formula is C19H30N2O2SSi. The zero-order valence-electron chi connectivity index (χ0n) is 16.3. The van der Waals surface area contributed by atoms with E-state index < -0.39 is 13.9 Å². The molecule has 0 radical (unpaired) electrons. The number of hydrogen-bond acceptors (Lipinski definition) is 5. The van der Waals surface area contributed by atoms with Gasteiger partial charge in [0.15, 0.2) is 8.32 Å². The summed E-state index contributed by atoms with van der Waals surface area (Å²) < 4.78 is 6.21. The molecule has 0 aliphatic heterocycles. The molecule has 0 amide bonds. The van der Waals surface area contributed by atoms with Crippen LogP contribution in [0.2, 0.25) is 18.1 Å². The van der Waals surface area contributed by atoms with Crippen LogP contribution < -0.4 is 5.73 Å². The normalized spacial score (nSPS) is 15.2. The van der Waals surface area contributed by atoms with Crippen LogP contribution in [-0.4, -0.2) is 25.0 Å². The Bertz CT molecular complexity index is 748. The molecule has 0 aliphatic rings. The minimum atomic E-state index is -1.92. The first-order chi connectivity index (χ1) is 11.3. The van der Waals surface area contributed by atoms with E-state index >= 15 is 0 Å². The number of aliphatic hydroxyl groups is 1. The highest BCUT2D eigenvalue weighted by Gasteiger charge is 2.40. The highest BCUT2D eigenvalue weighted by atomic mass is 32.1. The van der Waals surface area contributed by atoms with Gasteiger partial charge in [-0.05, 0) is 49.2 Å². The Morgan fingerprint density at radius 3 is 2.48 bits per heavy atom. The van der Waals surface area contributed by atoms with Crippen LogP contribution in [0.4, 0.5) is 5.69 Å². The van der Waals surface area contributed by atoms with E-state index in [-0.39, 0.29) is 11.6 Å². The van der Waals surface area contributed by atoms with E-state index in [4.69, 9.17) is 10.2 Å². The molecule has 25 heavy (non-hydrogen) atoms. The first-order valence-electron chi connectivity index (χ1n) is 8.53. The van der Waals surface area contributed by atoms with Crippen molar-refractivity contribution in [2.75, 3.05) is 12.3 Å². The van der Waals surface area contributed by atoms with Crippen LogP contribution in [0.3, 0.4) is 0 Å². The molecule has 0 fully saturated rings. The number of nitrogens with zero attached hydrogens (tertiary/aromatic N) is 1. The molecule has 138 valence electrons. The summed E-state index contributed by atoms with van der Waals surface area (Å²) in [4.78, 5) is 5.47. The van der Waals surface area contributed by atoms with E-state index in [1.165, 1.54) is 11.3 Å². The van der Waals surface area contributed by atoms with Crippen molar-refractivity contribution in [3.8, 4) is 10.4 Å². The third-order valence-electron chi connectivity index (χ3n) is 5.13. The van der Waals surface area contributed by atoms with Crippen LogP contribution in [0.1, 0.15) is 38.3 Å². The molecule has 1 heterocycles. The maximum atomic E-state index is 10.9. The van der Waals surface area contributed by atoms with Crippen molar-refractivity contribution in [2.24, 2.45) is 0 Å². The lowest BCUT2D eigenvalue weighted by molar-refractivity contribution is 0.00244. The summed E-state index contributed by atoms with van der Waals surface area (Å²) in [6.07, 6.45) is 1.81. The molecule has 0 saturated heterocycles. The summed E-state index contributed by atoms with van der Waals surface area (Å²) >= 11 is 1.49. The van der Waals surface area contributed by atoms with Gasteiger partial charge in [0, 0.05) is 11.9 Å². The SMILES string of the molecule is Cc1c(N)cccc1-c1cnc(C(C)(O)CO[Si](C)(C)C(C)(C)C)s1. The van der Waals surface area contributed by atoms with Gasteiger partial charge in [-0.15, -0.1) is 11.3 Å². The van der Waals surface area contributed by atoms with Gasteiger partial charge in [-0.2, -0.15) is 0 Å². The second kappa shape index (κ2) is 6.83. The van der Waals surface area contributed by atoms with E-state index in [2.05, 4.69) is 38.8 Å². The van der Waals surface area contributed by atoms with Gasteiger partial charge in [0.05, 0.1) is 11.5 Å². The summed E-state index contributed by atoms with van der Waals surface area (Å²) in [7, 11) is -1.92. The van der Waals surface area contributed by atoms with Gasteiger partial charge >= 0.3 is 0 Å². The second-order valence-electron chi connectivity index (χ2n) is 8.37.